The van der Waals surface area contributed by atoms with Crippen LogP contribution < -0.4 is 4.74 Å². The third-order valence-electron chi connectivity index (χ3n) is 3.90. The number of aliphatic hydroxyl groups excluding tert-OH is 1. The van der Waals surface area contributed by atoms with E-state index >= 15 is 0 Å². The second-order valence-electron chi connectivity index (χ2n) is 6.24. The zero-order valence-electron chi connectivity index (χ0n) is 14.2. The van der Waals surface area contributed by atoms with E-state index in [4.69, 9.17) is 9.47 Å². The topological polar surface area (TPSA) is 59.0 Å². The van der Waals surface area contributed by atoms with Gasteiger partial charge in [-0.25, -0.2) is 0 Å². The molecule has 1 aromatic carbocycles. The molecule has 3 atom stereocenters. The fourth-order valence-electron chi connectivity index (χ4n) is 2.92. The van der Waals surface area contributed by atoms with Crippen LogP contribution in [-0.4, -0.2) is 60.3 Å². The van der Waals surface area contributed by atoms with Crippen molar-refractivity contribution >= 4 is 5.78 Å². The molecule has 1 aliphatic rings. The summed E-state index contributed by atoms with van der Waals surface area (Å²) >= 11 is 0. The minimum Gasteiger partial charge on any atom is -0.491 e. The second kappa shape index (κ2) is 8.43. The van der Waals surface area contributed by atoms with Crippen molar-refractivity contribution in [2.75, 3.05) is 26.2 Å². The number of β-amino-alcohol motifs (C(OH)–C–C–N with tert-alkyl or cyclic N) is 1. The van der Waals surface area contributed by atoms with Crippen LogP contribution in [0.15, 0.2) is 24.3 Å². The number of ketones is 1. The first-order valence-corrected chi connectivity index (χ1v) is 8.29. The zero-order valence-corrected chi connectivity index (χ0v) is 14.2. The van der Waals surface area contributed by atoms with Crippen molar-refractivity contribution in [2.24, 2.45) is 0 Å². The average Bonchev–Trinajstić information content (AvgIpc) is 2.51. The molecule has 5 nitrogen and oxygen atoms in total. The van der Waals surface area contributed by atoms with Gasteiger partial charge in [0.05, 0.1) is 12.2 Å². The fourth-order valence-corrected chi connectivity index (χ4v) is 2.92. The third-order valence-corrected chi connectivity index (χ3v) is 3.90. The molecule has 0 aromatic heterocycles. The molecule has 1 N–H and O–H groups in total. The first kappa shape index (κ1) is 17.9. The SMILES string of the molecule is CCC(=O)c1ccc(OC[C@@H](O)CN2C[C@@H](C)O[C@H](C)C2)cc1. The Kier molecular flexibility index (Phi) is 6.57. The lowest BCUT2D eigenvalue weighted by molar-refractivity contribution is -0.0786. The number of morpholine rings is 1. The van der Waals surface area contributed by atoms with Gasteiger partial charge in [-0.05, 0) is 38.1 Å². The molecule has 0 saturated carbocycles. The normalized spacial score (nSPS) is 23.5. The van der Waals surface area contributed by atoms with Crippen molar-refractivity contribution in [1.82, 2.24) is 4.90 Å². The van der Waals surface area contributed by atoms with Gasteiger partial charge in [-0.3, -0.25) is 9.69 Å². The van der Waals surface area contributed by atoms with Crippen LogP contribution in [0.2, 0.25) is 0 Å². The van der Waals surface area contributed by atoms with Crippen LogP contribution in [-0.2, 0) is 4.74 Å². The number of nitrogens with zero attached hydrogens (tertiary/aromatic N) is 1. The Balaban J connectivity index is 1.77. The highest BCUT2D eigenvalue weighted by Crippen LogP contribution is 2.15. The highest BCUT2D eigenvalue weighted by atomic mass is 16.5. The summed E-state index contributed by atoms with van der Waals surface area (Å²) < 4.78 is 11.3. The van der Waals surface area contributed by atoms with Gasteiger partial charge in [0, 0.05) is 31.6 Å². The number of carbonyl (C=O) groups is 1. The summed E-state index contributed by atoms with van der Waals surface area (Å²) in [5.41, 5.74) is 0.691. The van der Waals surface area contributed by atoms with Crippen LogP contribution in [0.3, 0.4) is 0 Å². The smallest absolute Gasteiger partial charge is 0.162 e. The molecule has 0 spiro atoms. The van der Waals surface area contributed by atoms with Crippen LogP contribution in [0, 0.1) is 0 Å². The summed E-state index contributed by atoms with van der Waals surface area (Å²) in [7, 11) is 0. The monoisotopic (exact) mass is 321 g/mol. The van der Waals surface area contributed by atoms with Gasteiger partial charge in [-0.1, -0.05) is 6.92 Å². The Morgan fingerprint density at radius 3 is 2.48 bits per heavy atom. The Hall–Kier alpha value is -1.43. The number of Topliss-reactive ketones (excluding diaryl/α,β-unsaturated/α-hetero) is 1. The maximum Gasteiger partial charge on any atom is 0.162 e. The quantitative estimate of drug-likeness (QED) is 0.780. The van der Waals surface area contributed by atoms with Gasteiger partial charge >= 0.3 is 0 Å². The number of ether oxygens (including phenoxy) is 2. The molecule has 5 heteroatoms. The fraction of sp³-hybridized carbons (Fsp3) is 0.611. The van der Waals surface area contributed by atoms with Crippen LogP contribution in [0.4, 0.5) is 0 Å². The second-order valence-corrected chi connectivity index (χ2v) is 6.24. The third kappa shape index (κ3) is 5.61. The summed E-state index contributed by atoms with van der Waals surface area (Å²) in [6, 6.07) is 7.07. The molecule has 1 heterocycles. The van der Waals surface area contributed by atoms with E-state index < -0.39 is 6.10 Å². The highest BCUT2D eigenvalue weighted by molar-refractivity contribution is 5.95. The average molecular weight is 321 g/mol. The minimum atomic E-state index is -0.551. The molecule has 1 fully saturated rings. The Morgan fingerprint density at radius 1 is 1.30 bits per heavy atom. The largest absolute Gasteiger partial charge is 0.491 e. The summed E-state index contributed by atoms with van der Waals surface area (Å²) in [4.78, 5) is 13.8. The minimum absolute atomic E-state index is 0.118. The molecule has 1 aromatic rings. The van der Waals surface area contributed by atoms with Gasteiger partial charge in [-0.15, -0.1) is 0 Å². The van der Waals surface area contributed by atoms with Gasteiger partial charge in [-0.2, -0.15) is 0 Å². The van der Waals surface area contributed by atoms with Crippen molar-refractivity contribution in [3.05, 3.63) is 29.8 Å². The predicted octanol–water partition coefficient (Wildman–Crippen LogP) is 2.13. The standard InChI is InChI=1S/C18H27NO4/c1-4-18(21)15-5-7-17(8-6-15)22-12-16(20)11-19-9-13(2)23-14(3)10-19/h5-8,13-14,16,20H,4,9-12H2,1-3H3/t13-,14-,16+/m1/s1. The predicted molar refractivity (Wildman–Crippen MR) is 89.0 cm³/mol. The number of benzene rings is 1. The molecule has 0 amide bonds. The van der Waals surface area contributed by atoms with Crippen molar-refractivity contribution in [2.45, 2.75) is 45.5 Å². The summed E-state index contributed by atoms with van der Waals surface area (Å²) in [5.74, 6) is 0.785. The summed E-state index contributed by atoms with van der Waals surface area (Å²) in [6.07, 6.45) is 0.324. The Labute approximate surface area is 138 Å². The number of aliphatic hydroxyl groups is 1. The lowest BCUT2D eigenvalue weighted by atomic mass is 10.1. The molecule has 0 radical (unpaired) electrons. The lowest BCUT2D eigenvalue weighted by Gasteiger charge is -2.36. The molecule has 2 rings (SSSR count). The van der Waals surface area contributed by atoms with E-state index in [-0.39, 0.29) is 24.6 Å². The first-order chi connectivity index (χ1) is 11.0. The van der Waals surface area contributed by atoms with Crippen LogP contribution in [0.5, 0.6) is 5.75 Å². The van der Waals surface area contributed by atoms with Crippen LogP contribution in [0.1, 0.15) is 37.6 Å². The number of hydrogen-bond donors (Lipinski definition) is 1. The Bertz CT molecular complexity index is 492. The van der Waals surface area contributed by atoms with Crippen molar-refractivity contribution in [3.63, 3.8) is 0 Å². The molecule has 1 aliphatic heterocycles. The van der Waals surface area contributed by atoms with E-state index in [2.05, 4.69) is 4.90 Å². The van der Waals surface area contributed by atoms with Crippen molar-refractivity contribution in [3.8, 4) is 5.75 Å². The van der Waals surface area contributed by atoms with Gasteiger partial charge in [0.2, 0.25) is 0 Å². The molecule has 0 aliphatic carbocycles. The van der Waals surface area contributed by atoms with Gasteiger partial charge in [0.1, 0.15) is 18.5 Å². The zero-order chi connectivity index (χ0) is 16.8. The molecule has 23 heavy (non-hydrogen) atoms. The van der Waals surface area contributed by atoms with Crippen LogP contribution >= 0.6 is 0 Å². The molecular formula is C18H27NO4. The first-order valence-electron chi connectivity index (χ1n) is 8.29. The maximum atomic E-state index is 11.6. The molecule has 0 bridgehead atoms. The van der Waals surface area contributed by atoms with E-state index in [1.54, 1.807) is 24.3 Å². The van der Waals surface area contributed by atoms with Crippen molar-refractivity contribution in [1.29, 1.82) is 0 Å². The molecule has 0 unspecified atom stereocenters. The number of rotatable bonds is 7. The molecule has 128 valence electrons. The van der Waals surface area contributed by atoms with Gasteiger partial charge in [0.25, 0.3) is 0 Å². The Morgan fingerprint density at radius 2 is 1.91 bits per heavy atom. The van der Waals surface area contributed by atoms with Crippen molar-refractivity contribution < 1.29 is 19.4 Å². The summed E-state index contributed by atoms with van der Waals surface area (Å²) in [5, 5.41) is 10.2. The highest BCUT2D eigenvalue weighted by Gasteiger charge is 2.23. The number of hydrogen-bond acceptors (Lipinski definition) is 5. The van der Waals surface area contributed by atoms with E-state index in [9.17, 15) is 9.90 Å². The van der Waals surface area contributed by atoms with Gasteiger partial charge < -0.3 is 14.6 Å². The van der Waals surface area contributed by atoms with E-state index in [0.29, 0.717) is 24.3 Å². The van der Waals surface area contributed by atoms with E-state index in [1.165, 1.54) is 0 Å². The maximum absolute atomic E-state index is 11.6. The van der Waals surface area contributed by atoms with Crippen LogP contribution in [0.25, 0.3) is 0 Å². The van der Waals surface area contributed by atoms with Gasteiger partial charge in [0.15, 0.2) is 5.78 Å². The van der Waals surface area contributed by atoms with E-state index in [1.807, 2.05) is 20.8 Å². The molecule has 1 saturated heterocycles. The molecular weight excluding hydrogens is 294 g/mol. The number of carbonyl (C=O) groups excluding carboxylic acids is 1. The van der Waals surface area contributed by atoms with E-state index in [0.717, 1.165) is 13.1 Å². The lowest BCUT2D eigenvalue weighted by Crippen LogP contribution is -2.48. The summed E-state index contributed by atoms with van der Waals surface area (Å²) in [6.45, 7) is 8.40.